The summed E-state index contributed by atoms with van der Waals surface area (Å²) in [5.41, 5.74) is 8.57. The molecule has 1 aromatic carbocycles. The van der Waals surface area contributed by atoms with Crippen LogP contribution in [0.25, 0.3) is 0 Å². The Balaban J connectivity index is 0.000000567. The van der Waals surface area contributed by atoms with Gasteiger partial charge in [-0.25, -0.2) is 14.4 Å². The summed E-state index contributed by atoms with van der Waals surface area (Å²) in [6.45, 7) is 2.06. The third-order valence-corrected chi connectivity index (χ3v) is 2.36. The van der Waals surface area contributed by atoms with Gasteiger partial charge in [0.2, 0.25) is 0 Å². The molecule has 0 amide bonds. The summed E-state index contributed by atoms with van der Waals surface area (Å²) in [5, 5.41) is 26.0. The molecule has 0 unspecified atom stereocenters. The molecule has 7 N–H and O–H groups in total. The molecule has 8 heteroatoms. The van der Waals surface area contributed by atoms with E-state index in [-0.39, 0.29) is 6.17 Å². The van der Waals surface area contributed by atoms with E-state index in [0.717, 1.165) is 25.0 Å². The molecule has 0 aliphatic heterocycles. The van der Waals surface area contributed by atoms with Gasteiger partial charge in [0, 0.05) is 0 Å². The van der Waals surface area contributed by atoms with Gasteiger partial charge in [-0.05, 0) is 18.6 Å². The fraction of sp³-hybridized carbons (Fsp3) is 0.308. The Morgan fingerprint density at radius 3 is 1.62 bits per heavy atom. The van der Waals surface area contributed by atoms with Gasteiger partial charge in [-0.2, -0.15) is 0 Å². The van der Waals surface area contributed by atoms with Crippen molar-refractivity contribution in [1.29, 1.82) is 0 Å². The maximum Gasteiger partial charge on any atom is 0.337 e. The second-order valence-electron chi connectivity index (χ2n) is 4.10. The van der Waals surface area contributed by atoms with E-state index in [1.54, 1.807) is 0 Å². The van der Waals surface area contributed by atoms with Crippen molar-refractivity contribution in [2.75, 3.05) is 0 Å². The Hall–Kier alpha value is -2.45. The molecule has 0 aromatic heterocycles. The normalized spacial score (nSPS) is 9.71. The van der Waals surface area contributed by atoms with E-state index in [4.69, 9.17) is 26.8 Å². The molecule has 0 saturated carbocycles. The predicted octanol–water partition coefficient (Wildman–Crippen LogP) is 0.811. The van der Waals surface area contributed by atoms with Gasteiger partial charge in [-0.1, -0.05) is 19.4 Å². The number of benzene rings is 1. The Morgan fingerprint density at radius 1 is 1.00 bits per heavy atom. The van der Waals surface area contributed by atoms with Crippen LogP contribution in [0.1, 0.15) is 50.8 Å². The minimum atomic E-state index is -1.58. The highest BCUT2D eigenvalue weighted by Crippen LogP contribution is 2.15. The Bertz CT molecular complexity index is 495. The zero-order chi connectivity index (χ0) is 16.6. The molecular weight excluding hydrogens is 280 g/mol. The summed E-state index contributed by atoms with van der Waals surface area (Å²) in [4.78, 5) is 32.0. The number of carboxylic acid groups (broad SMARTS) is 3. The van der Waals surface area contributed by atoms with Crippen LogP contribution in [-0.2, 0) is 0 Å². The van der Waals surface area contributed by atoms with Gasteiger partial charge in [-0.3, -0.25) is 0 Å². The van der Waals surface area contributed by atoms with E-state index in [2.05, 4.69) is 6.92 Å². The standard InChI is InChI=1S/C9H6O6.C4H12N2/c10-7(11)4-2-1-3-5(8(12)13)6(4)9(14)15;1-2-3-4(5)6/h1-3H,(H,10,11)(H,12,13)(H,14,15);4H,2-3,5-6H2,1H3. The van der Waals surface area contributed by atoms with Crippen molar-refractivity contribution in [3.63, 3.8) is 0 Å². The van der Waals surface area contributed by atoms with Crippen molar-refractivity contribution in [1.82, 2.24) is 0 Å². The van der Waals surface area contributed by atoms with E-state index in [0.29, 0.717) is 0 Å². The molecule has 0 aliphatic carbocycles. The van der Waals surface area contributed by atoms with Gasteiger partial charge in [0.15, 0.2) is 0 Å². The van der Waals surface area contributed by atoms with E-state index >= 15 is 0 Å². The number of hydrogen-bond donors (Lipinski definition) is 5. The van der Waals surface area contributed by atoms with Gasteiger partial charge in [0.05, 0.1) is 22.9 Å². The highest BCUT2D eigenvalue weighted by atomic mass is 16.4. The van der Waals surface area contributed by atoms with Crippen LogP contribution in [0.4, 0.5) is 0 Å². The summed E-state index contributed by atoms with van der Waals surface area (Å²) in [6, 6.07) is 3.26. The Labute approximate surface area is 121 Å². The molecule has 21 heavy (non-hydrogen) atoms. The number of hydrogen-bond acceptors (Lipinski definition) is 5. The van der Waals surface area contributed by atoms with Crippen molar-refractivity contribution >= 4 is 17.9 Å². The van der Waals surface area contributed by atoms with Crippen LogP contribution in [0.5, 0.6) is 0 Å². The summed E-state index contributed by atoms with van der Waals surface area (Å²) >= 11 is 0. The molecule has 0 fully saturated rings. The average molecular weight is 298 g/mol. The lowest BCUT2D eigenvalue weighted by atomic mass is 10.0. The number of nitrogens with two attached hydrogens (primary N) is 2. The minimum absolute atomic E-state index is 0.102. The SMILES string of the molecule is CCCC(N)N.O=C(O)c1cccc(C(=O)O)c1C(=O)O. The lowest BCUT2D eigenvalue weighted by molar-refractivity contribution is 0.0633. The molecule has 0 atom stereocenters. The lowest BCUT2D eigenvalue weighted by Crippen LogP contribution is -2.29. The van der Waals surface area contributed by atoms with Gasteiger partial charge < -0.3 is 26.8 Å². The quantitative estimate of drug-likeness (QED) is 0.498. The number of aromatic carboxylic acids is 3. The van der Waals surface area contributed by atoms with Gasteiger partial charge in [-0.15, -0.1) is 0 Å². The molecule has 0 bridgehead atoms. The molecule has 0 aliphatic rings. The number of rotatable bonds is 5. The van der Waals surface area contributed by atoms with Crippen LogP contribution in [0, 0.1) is 0 Å². The molecule has 1 rings (SSSR count). The van der Waals surface area contributed by atoms with Crippen LogP contribution in [-0.4, -0.2) is 39.4 Å². The number of carboxylic acids is 3. The van der Waals surface area contributed by atoms with E-state index < -0.39 is 34.6 Å². The Morgan fingerprint density at radius 2 is 1.43 bits per heavy atom. The largest absolute Gasteiger partial charge is 0.478 e. The van der Waals surface area contributed by atoms with Crippen molar-refractivity contribution in [2.24, 2.45) is 11.5 Å². The second kappa shape index (κ2) is 8.67. The van der Waals surface area contributed by atoms with Crippen molar-refractivity contribution in [2.45, 2.75) is 25.9 Å². The smallest absolute Gasteiger partial charge is 0.337 e. The topological polar surface area (TPSA) is 164 Å². The third kappa shape index (κ3) is 6.02. The monoisotopic (exact) mass is 298 g/mol. The highest BCUT2D eigenvalue weighted by Gasteiger charge is 2.22. The van der Waals surface area contributed by atoms with Crippen molar-refractivity contribution < 1.29 is 29.7 Å². The van der Waals surface area contributed by atoms with Crippen LogP contribution >= 0.6 is 0 Å². The highest BCUT2D eigenvalue weighted by molar-refractivity contribution is 6.08. The first-order valence-electron chi connectivity index (χ1n) is 6.06. The molecule has 8 nitrogen and oxygen atoms in total. The summed E-state index contributed by atoms with van der Waals surface area (Å²) < 4.78 is 0. The third-order valence-electron chi connectivity index (χ3n) is 2.36. The van der Waals surface area contributed by atoms with Crippen LogP contribution in [0.15, 0.2) is 18.2 Å². The average Bonchev–Trinajstić information content (AvgIpc) is 2.37. The van der Waals surface area contributed by atoms with Crippen molar-refractivity contribution in [3.05, 3.63) is 34.9 Å². The molecular formula is C13H18N2O6. The summed E-state index contributed by atoms with van der Waals surface area (Å²) in [6.07, 6.45) is 1.91. The van der Waals surface area contributed by atoms with Gasteiger partial charge in [0.1, 0.15) is 0 Å². The molecule has 0 heterocycles. The first-order valence-corrected chi connectivity index (χ1v) is 6.06. The minimum Gasteiger partial charge on any atom is -0.478 e. The van der Waals surface area contributed by atoms with Crippen molar-refractivity contribution in [3.8, 4) is 0 Å². The molecule has 0 spiro atoms. The molecule has 0 saturated heterocycles. The molecule has 1 aromatic rings. The zero-order valence-corrected chi connectivity index (χ0v) is 11.4. The maximum atomic E-state index is 10.7. The zero-order valence-electron chi connectivity index (χ0n) is 11.4. The molecule has 0 radical (unpaired) electrons. The first kappa shape index (κ1) is 18.6. The maximum absolute atomic E-state index is 10.7. The summed E-state index contributed by atoms with van der Waals surface area (Å²) in [5.74, 6) is -4.53. The second-order valence-corrected chi connectivity index (χ2v) is 4.10. The van der Waals surface area contributed by atoms with E-state index in [9.17, 15) is 14.4 Å². The van der Waals surface area contributed by atoms with Crippen LogP contribution in [0.3, 0.4) is 0 Å². The lowest BCUT2D eigenvalue weighted by Gasteiger charge is -2.04. The fourth-order valence-corrected chi connectivity index (χ4v) is 1.47. The summed E-state index contributed by atoms with van der Waals surface area (Å²) in [7, 11) is 0. The van der Waals surface area contributed by atoms with Crippen LogP contribution < -0.4 is 11.5 Å². The predicted molar refractivity (Wildman–Crippen MR) is 74.4 cm³/mol. The van der Waals surface area contributed by atoms with E-state index in [1.165, 1.54) is 6.07 Å². The Kier molecular flexibility index (Phi) is 7.66. The number of carbonyl (C=O) groups is 3. The first-order chi connectivity index (χ1) is 9.72. The van der Waals surface area contributed by atoms with Gasteiger partial charge >= 0.3 is 17.9 Å². The van der Waals surface area contributed by atoms with Crippen LogP contribution in [0.2, 0.25) is 0 Å². The van der Waals surface area contributed by atoms with E-state index in [1.807, 2.05) is 0 Å². The molecule has 116 valence electrons. The fourth-order valence-electron chi connectivity index (χ4n) is 1.47. The van der Waals surface area contributed by atoms with Gasteiger partial charge in [0.25, 0.3) is 0 Å².